The lowest BCUT2D eigenvalue weighted by molar-refractivity contribution is -0.162. The molecule has 3 amide bonds. The number of hydrogen-bond donors (Lipinski definition) is 2. The molecule has 0 aliphatic carbocycles. The Labute approximate surface area is 292 Å². The lowest BCUT2D eigenvalue weighted by atomic mass is 9.74. The van der Waals surface area contributed by atoms with Gasteiger partial charge in [-0.15, -0.1) is 0 Å². The van der Waals surface area contributed by atoms with Crippen molar-refractivity contribution < 1.29 is 38.5 Å². The van der Waals surface area contributed by atoms with Crippen LogP contribution < -0.4 is 10.2 Å². The second kappa shape index (κ2) is 14.1. The number of aryl methyl sites for hydroxylation is 1. The summed E-state index contributed by atoms with van der Waals surface area (Å²) in [7, 11) is 1.49. The van der Waals surface area contributed by atoms with Gasteiger partial charge in [0.2, 0.25) is 11.8 Å². The van der Waals surface area contributed by atoms with Crippen molar-refractivity contribution in [3.63, 3.8) is 0 Å². The Bertz CT molecular complexity index is 1630. The van der Waals surface area contributed by atoms with Gasteiger partial charge in [-0.1, -0.05) is 82.1 Å². The molecule has 254 valence electrons. The highest BCUT2D eigenvalue weighted by molar-refractivity contribution is 9.11. The predicted octanol–water partition coefficient (Wildman–Crippen LogP) is 3.61. The number of para-hydroxylation sites is 1. The summed E-state index contributed by atoms with van der Waals surface area (Å²) in [6, 6.07) is 12.3. The first-order valence-electron chi connectivity index (χ1n) is 15.9. The number of carbonyl (C=O) groups excluding carboxylic acids is 4. The number of ether oxygens (including phenoxy) is 3. The maximum absolute atomic E-state index is 14.9. The number of allylic oxidation sites excluding steroid dienone is 1. The number of carbonyl (C=O) groups is 4. The molecule has 4 aliphatic rings. The first-order valence-corrected chi connectivity index (χ1v) is 17.0. The number of halogens is 2. The highest BCUT2D eigenvalue weighted by atomic mass is 79.9. The summed E-state index contributed by atoms with van der Waals surface area (Å²) >= 11 is 10.3. The fourth-order valence-electron chi connectivity index (χ4n) is 7.42. The van der Waals surface area contributed by atoms with Gasteiger partial charge >= 0.3 is 5.97 Å². The van der Waals surface area contributed by atoms with Gasteiger partial charge in [-0.05, 0) is 36.6 Å². The maximum atomic E-state index is 14.9. The highest BCUT2D eigenvalue weighted by Crippen LogP contribution is 2.59. The number of fused-ring (bicyclic) bond motifs is 2. The molecule has 4 aliphatic heterocycles. The third-order valence-corrected chi connectivity index (χ3v) is 10.4. The Morgan fingerprint density at radius 3 is 2.54 bits per heavy atom. The molecule has 5 bridgehead atoms. The first kappa shape index (κ1) is 34.3. The molecule has 13 heteroatoms. The van der Waals surface area contributed by atoms with Crippen LogP contribution in [0.25, 0.3) is 0 Å². The predicted molar refractivity (Wildman–Crippen MR) is 180 cm³/mol. The van der Waals surface area contributed by atoms with E-state index in [-0.39, 0.29) is 32.0 Å². The summed E-state index contributed by atoms with van der Waals surface area (Å²) in [5.74, 6) is -4.25. The quantitative estimate of drug-likeness (QED) is 0.339. The number of aliphatic hydroxyl groups excluding tert-OH is 1. The largest absolute Gasteiger partial charge is 0.455 e. The van der Waals surface area contributed by atoms with Crippen LogP contribution in [-0.2, 0) is 33.4 Å². The van der Waals surface area contributed by atoms with Gasteiger partial charge in [-0.2, -0.15) is 0 Å². The summed E-state index contributed by atoms with van der Waals surface area (Å²) in [6.07, 6.45) is 3.91. The van der Waals surface area contributed by atoms with E-state index in [1.54, 1.807) is 54.6 Å². The molecule has 2 aromatic carbocycles. The third kappa shape index (κ3) is 5.98. The molecule has 6 rings (SSSR count). The molecule has 0 unspecified atom stereocenters. The van der Waals surface area contributed by atoms with Crippen molar-refractivity contribution in [1.29, 1.82) is 0 Å². The number of β-amino-alcohol motifs (C(OH)–C–C–N with tert-alkyl or cyclic N) is 1. The molecular formula is C35H37BrClN3O8. The van der Waals surface area contributed by atoms with Crippen LogP contribution in [0.15, 0.2) is 71.2 Å². The van der Waals surface area contributed by atoms with E-state index in [0.717, 1.165) is 5.56 Å². The van der Waals surface area contributed by atoms with Crippen molar-refractivity contribution in [2.45, 2.75) is 49.7 Å². The van der Waals surface area contributed by atoms with Crippen LogP contribution in [0, 0.1) is 18.8 Å². The topological polar surface area (TPSA) is 135 Å². The number of likely N-dealkylation sites (tertiary alicyclic amines) is 1. The lowest BCUT2D eigenvalue weighted by Gasteiger charge is -2.36. The van der Waals surface area contributed by atoms with E-state index in [1.165, 1.54) is 16.9 Å². The van der Waals surface area contributed by atoms with E-state index in [9.17, 15) is 24.3 Å². The molecular weight excluding hydrogens is 706 g/mol. The molecule has 2 saturated heterocycles. The van der Waals surface area contributed by atoms with Gasteiger partial charge in [-0.25, -0.2) is 0 Å². The molecule has 4 heterocycles. The zero-order valence-electron chi connectivity index (χ0n) is 26.5. The first-order chi connectivity index (χ1) is 23.1. The number of nitrogens with one attached hydrogen (secondary N) is 1. The molecule has 11 nitrogen and oxygen atoms in total. The van der Waals surface area contributed by atoms with Crippen LogP contribution in [0.1, 0.15) is 30.1 Å². The lowest BCUT2D eigenvalue weighted by Crippen LogP contribution is -2.56. The number of esters is 1. The van der Waals surface area contributed by atoms with Crippen molar-refractivity contribution >= 4 is 56.9 Å². The molecule has 0 radical (unpaired) electrons. The van der Waals surface area contributed by atoms with Gasteiger partial charge in [-0.3, -0.25) is 19.2 Å². The monoisotopic (exact) mass is 741 g/mol. The zero-order valence-corrected chi connectivity index (χ0v) is 28.9. The van der Waals surface area contributed by atoms with Crippen molar-refractivity contribution in [1.82, 2.24) is 10.2 Å². The van der Waals surface area contributed by atoms with E-state index in [1.807, 2.05) is 19.1 Å². The van der Waals surface area contributed by atoms with E-state index >= 15 is 0 Å². The summed E-state index contributed by atoms with van der Waals surface area (Å²) in [5, 5.41) is 13.4. The van der Waals surface area contributed by atoms with Crippen LogP contribution >= 0.6 is 27.5 Å². The molecule has 1 spiro atoms. The van der Waals surface area contributed by atoms with Gasteiger partial charge < -0.3 is 34.4 Å². The van der Waals surface area contributed by atoms with Gasteiger partial charge in [0.05, 0.1) is 35.9 Å². The van der Waals surface area contributed by atoms with Crippen LogP contribution in [0.3, 0.4) is 0 Å². The Morgan fingerprint density at radius 1 is 1.06 bits per heavy atom. The van der Waals surface area contributed by atoms with E-state index in [0.29, 0.717) is 27.2 Å². The maximum Gasteiger partial charge on any atom is 0.313 e. The van der Waals surface area contributed by atoms with Crippen molar-refractivity contribution in [3.8, 4) is 0 Å². The number of methoxy groups -OCH3 is 1. The molecule has 7 atom stereocenters. The Morgan fingerprint density at radius 2 is 1.83 bits per heavy atom. The smallest absolute Gasteiger partial charge is 0.313 e. The standard InChI is InChI=1S/C35H37BrClN3O8/c1-20-10-9-13-23(37)28(20)39-15-8-4-7-14-25(42)38-24(19-46-2)29(21-11-5-3-6-12-21)47-34(45)26-27-32(43)40(16-17-41)31(33(39)44)35(27)18-22(36)30(26)48-35/h3-6,8-13,18,24,26-27,29-31,41H,7,14-17,19H2,1-2H3,(H,38,42)/b8-4-/t24-,26+,27-,29-,30+,31+,35-/m1/s1. The molecule has 0 saturated carbocycles. The number of benzene rings is 2. The highest BCUT2D eigenvalue weighted by Gasteiger charge is 2.75. The number of anilines is 1. The molecule has 2 aromatic rings. The van der Waals surface area contributed by atoms with Crippen molar-refractivity contribution in [2.24, 2.45) is 11.8 Å². The zero-order chi connectivity index (χ0) is 34.2. The normalized spacial score (nSPS) is 31.4. The number of nitrogens with zero attached hydrogens (tertiary/aromatic N) is 2. The number of hydrogen-bond acceptors (Lipinski definition) is 8. The summed E-state index contributed by atoms with van der Waals surface area (Å²) < 4.78 is 18.8. The average molecular weight is 743 g/mol. The number of rotatable bonds is 6. The van der Waals surface area contributed by atoms with Crippen molar-refractivity contribution in [3.05, 3.63) is 87.4 Å². The summed E-state index contributed by atoms with van der Waals surface area (Å²) in [6.45, 7) is 1.38. The fourth-order valence-corrected chi connectivity index (χ4v) is 8.48. The average Bonchev–Trinajstić information content (AvgIpc) is 3.65. The Balaban J connectivity index is 1.49. The number of aliphatic hydroxyl groups is 1. The minimum atomic E-state index is -1.54. The van der Waals surface area contributed by atoms with Crippen LogP contribution in [-0.4, -0.2) is 90.9 Å². The minimum absolute atomic E-state index is 0.0436. The Hall–Kier alpha value is -3.55. The minimum Gasteiger partial charge on any atom is -0.455 e. The second-order valence-corrected chi connectivity index (χ2v) is 13.7. The van der Waals surface area contributed by atoms with Gasteiger partial charge in [0.1, 0.15) is 29.8 Å². The molecule has 2 N–H and O–H groups in total. The van der Waals surface area contributed by atoms with Crippen LogP contribution in [0.5, 0.6) is 0 Å². The molecule has 2 fully saturated rings. The fraction of sp³-hybridized carbons (Fsp3) is 0.429. The van der Waals surface area contributed by atoms with Crippen LogP contribution in [0.2, 0.25) is 5.02 Å². The number of cyclic esters (lactones) is 1. The molecule has 0 aromatic heterocycles. The van der Waals surface area contributed by atoms with E-state index in [2.05, 4.69) is 21.2 Å². The van der Waals surface area contributed by atoms with Gasteiger partial charge in [0.15, 0.2) is 0 Å². The molecule has 48 heavy (non-hydrogen) atoms. The van der Waals surface area contributed by atoms with Gasteiger partial charge in [0, 0.05) is 31.1 Å². The second-order valence-electron chi connectivity index (χ2n) is 12.3. The van der Waals surface area contributed by atoms with E-state index < -0.39 is 66.1 Å². The third-order valence-electron chi connectivity index (χ3n) is 9.42. The number of amides is 3. The SMILES string of the molecule is COC[C@H]1NC(=O)CC/C=C\CN(c2c(C)cccc2Cl)C(=O)[C@@H]2N(CCO)C(=O)[C@H]3[C@H](C(=O)O[C@@H]1c1ccccc1)[C@H]1O[C@@]23C=C1Br. The van der Waals surface area contributed by atoms with Crippen LogP contribution in [0.4, 0.5) is 5.69 Å². The summed E-state index contributed by atoms with van der Waals surface area (Å²) in [5.41, 5.74) is 0.273. The van der Waals surface area contributed by atoms with E-state index in [4.69, 9.17) is 25.8 Å². The van der Waals surface area contributed by atoms with Crippen molar-refractivity contribution in [2.75, 3.05) is 38.3 Å². The summed E-state index contributed by atoms with van der Waals surface area (Å²) in [4.78, 5) is 59.6. The van der Waals surface area contributed by atoms with Gasteiger partial charge in [0.25, 0.3) is 5.91 Å². The Kier molecular flexibility index (Phi) is 10.1.